The van der Waals surface area contributed by atoms with Crippen LogP contribution in [0.2, 0.25) is 5.02 Å². The van der Waals surface area contributed by atoms with E-state index in [1.165, 1.54) is 20.3 Å². The van der Waals surface area contributed by atoms with Gasteiger partial charge >= 0.3 is 6.03 Å². The van der Waals surface area contributed by atoms with Crippen molar-refractivity contribution in [3.63, 3.8) is 0 Å². The number of nitrogens with two attached hydrogens (primary N) is 1. The minimum atomic E-state index is -0.662. The molecule has 0 atom stereocenters. The zero-order chi connectivity index (χ0) is 14.6. The van der Waals surface area contributed by atoms with Gasteiger partial charge in [0.15, 0.2) is 17.5 Å². The van der Waals surface area contributed by atoms with Crippen molar-refractivity contribution in [1.82, 2.24) is 5.32 Å². The van der Waals surface area contributed by atoms with E-state index >= 15 is 0 Å². The first-order chi connectivity index (χ1) is 8.90. The van der Waals surface area contributed by atoms with Crippen molar-refractivity contribution in [2.45, 2.75) is 6.92 Å². The number of nitrogens with one attached hydrogen (secondary N) is 3. The Hall–Kier alpha value is -2.15. The van der Waals surface area contributed by atoms with E-state index in [0.29, 0.717) is 22.7 Å². The molecule has 0 bridgehead atoms. The number of carbonyl (C=O) groups excluding carboxylic acids is 1. The topological polar surface area (TPSA) is 109 Å². The fourth-order valence-electron chi connectivity index (χ4n) is 1.56. The van der Waals surface area contributed by atoms with E-state index in [0.717, 1.165) is 0 Å². The van der Waals surface area contributed by atoms with Crippen LogP contribution < -0.4 is 25.8 Å². The van der Waals surface area contributed by atoms with Gasteiger partial charge in [-0.05, 0) is 6.92 Å². The zero-order valence-electron chi connectivity index (χ0n) is 10.8. The highest BCUT2D eigenvalue weighted by molar-refractivity contribution is 6.34. The first-order valence-electron chi connectivity index (χ1n) is 5.23. The van der Waals surface area contributed by atoms with Crippen molar-refractivity contribution in [3.05, 3.63) is 16.7 Å². The van der Waals surface area contributed by atoms with Crippen LogP contribution in [0.15, 0.2) is 6.07 Å². The highest BCUT2D eigenvalue weighted by Gasteiger charge is 2.17. The van der Waals surface area contributed by atoms with Crippen LogP contribution in [-0.2, 0) is 0 Å². The number of urea groups is 1. The third kappa shape index (κ3) is 3.41. The van der Waals surface area contributed by atoms with Gasteiger partial charge < -0.3 is 20.5 Å². The van der Waals surface area contributed by atoms with Crippen LogP contribution in [0.1, 0.15) is 5.56 Å². The van der Waals surface area contributed by atoms with Gasteiger partial charge in [0.1, 0.15) is 0 Å². The van der Waals surface area contributed by atoms with E-state index in [1.807, 2.05) is 0 Å². The predicted octanol–water partition coefficient (Wildman–Crippen LogP) is 1.68. The Morgan fingerprint density at radius 3 is 2.53 bits per heavy atom. The van der Waals surface area contributed by atoms with Gasteiger partial charge in [-0.25, -0.2) is 4.79 Å². The maximum atomic E-state index is 11.5. The van der Waals surface area contributed by atoms with Crippen molar-refractivity contribution in [3.8, 4) is 11.5 Å². The number of carbonyl (C=O) groups is 1. The maximum absolute atomic E-state index is 11.5. The number of benzene rings is 1. The molecule has 8 heteroatoms. The second-order valence-electron chi connectivity index (χ2n) is 3.59. The number of methoxy groups -OCH3 is 2. The normalized spacial score (nSPS) is 9.68. The van der Waals surface area contributed by atoms with Crippen LogP contribution in [0.5, 0.6) is 11.5 Å². The smallest absolute Gasteiger partial charge is 0.326 e. The Morgan fingerprint density at radius 2 is 2.05 bits per heavy atom. The van der Waals surface area contributed by atoms with E-state index < -0.39 is 12.0 Å². The number of rotatable bonds is 3. The van der Waals surface area contributed by atoms with Gasteiger partial charge in [-0.3, -0.25) is 10.7 Å². The molecule has 0 saturated heterocycles. The molecule has 0 aliphatic rings. The lowest BCUT2D eigenvalue weighted by Gasteiger charge is -2.16. The monoisotopic (exact) mass is 286 g/mol. The average Bonchev–Trinajstić information content (AvgIpc) is 2.32. The van der Waals surface area contributed by atoms with Crippen LogP contribution in [0.4, 0.5) is 10.5 Å². The second-order valence-corrected chi connectivity index (χ2v) is 3.99. The molecular formula is C11H15ClN4O3. The molecule has 0 spiro atoms. The maximum Gasteiger partial charge on any atom is 0.326 e. The molecule has 0 radical (unpaired) electrons. The molecule has 0 aromatic heterocycles. The molecule has 1 aromatic carbocycles. The summed E-state index contributed by atoms with van der Waals surface area (Å²) in [5.41, 5.74) is 6.02. The van der Waals surface area contributed by atoms with Gasteiger partial charge in [0.2, 0.25) is 0 Å². The molecule has 19 heavy (non-hydrogen) atoms. The van der Waals surface area contributed by atoms with E-state index in [2.05, 4.69) is 10.6 Å². The van der Waals surface area contributed by atoms with Crippen molar-refractivity contribution in [2.24, 2.45) is 5.73 Å². The largest absolute Gasteiger partial charge is 0.493 e. The van der Waals surface area contributed by atoms with Crippen LogP contribution in [0.3, 0.4) is 0 Å². The number of guanidine groups is 1. The summed E-state index contributed by atoms with van der Waals surface area (Å²) < 4.78 is 10.3. The first kappa shape index (κ1) is 14.9. The van der Waals surface area contributed by atoms with E-state index in [1.54, 1.807) is 6.92 Å². The molecule has 104 valence electrons. The highest BCUT2D eigenvalue weighted by Crippen LogP contribution is 2.40. The summed E-state index contributed by atoms with van der Waals surface area (Å²) in [5.74, 6) is 0.458. The molecule has 0 aliphatic carbocycles. The van der Waals surface area contributed by atoms with E-state index in [-0.39, 0.29) is 5.02 Å². The highest BCUT2D eigenvalue weighted by atomic mass is 35.5. The van der Waals surface area contributed by atoms with Gasteiger partial charge in [-0.15, -0.1) is 0 Å². The summed E-state index contributed by atoms with van der Waals surface area (Å²) in [4.78, 5) is 11.5. The molecule has 0 aliphatic heterocycles. The number of halogens is 1. The Bertz CT molecular complexity index is 519. The first-order valence-corrected chi connectivity index (χ1v) is 5.61. The van der Waals surface area contributed by atoms with Crippen molar-refractivity contribution < 1.29 is 14.3 Å². The second kappa shape index (κ2) is 6.14. The van der Waals surface area contributed by atoms with Crippen molar-refractivity contribution in [2.75, 3.05) is 19.5 Å². The summed E-state index contributed by atoms with van der Waals surface area (Å²) in [6.07, 6.45) is 0. The van der Waals surface area contributed by atoms with Gasteiger partial charge in [-0.1, -0.05) is 11.6 Å². The quantitative estimate of drug-likeness (QED) is 0.500. The van der Waals surface area contributed by atoms with Crippen molar-refractivity contribution >= 4 is 29.3 Å². The number of anilines is 1. The Labute approximate surface area is 115 Å². The Kier molecular flexibility index (Phi) is 4.82. The summed E-state index contributed by atoms with van der Waals surface area (Å²) in [7, 11) is 2.97. The third-order valence-electron chi connectivity index (χ3n) is 2.35. The minimum absolute atomic E-state index is 0.286. The lowest BCUT2D eigenvalue weighted by Crippen LogP contribution is -2.38. The molecule has 0 heterocycles. The molecule has 2 amide bonds. The van der Waals surface area contributed by atoms with Gasteiger partial charge in [0, 0.05) is 11.6 Å². The van der Waals surface area contributed by atoms with E-state index in [4.69, 9.17) is 32.2 Å². The number of hydrogen-bond donors (Lipinski definition) is 4. The zero-order valence-corrected chi connectivity index (χ0v) is 11.5. The molecule has 5 N–H and O–H groups in total. The summed E-state index contributed by atoms with van der Waals surface area (Å²) in [6.45, 7) is 1.72. The third-order valence-corrected chi connectivity index (χ3v) is 2.64. The fraction of sp³-hybridized carbons (Fsp3) is 0.273. The SMILES string of the molecule is COc1cc(Cl)c(NC(=O)NC(=N)N)c(C)c1OC. The van der Waals surface area contributed by atoms with Gasteiger partial charge in [-0.2, -0.15) is 0 Å². The van der Waals surface area contributed by atoms with Crippen LogP contribution in [-0.4, -0.2) is 26.2 Å². The Balaban J connectivity index is 3.14. The molecule has 1 rings (SSSR count). The molecule has 1 aromatic rings. The molecule has 0 saturated carbocycles. The average molecular weight is 287 g/mol. The summed E-state index contributed by atoms with van der Waals surface area (Å²) in [5, 5.41) is 11.8. The molecular weight excluding hydrogens is 272 g/mol. The predicted molar refractivity (Wildman–Crippen MR) is 73.4 cm³/mol. The lowest BCUT2D eigenvalue weighted by molar-refractivity contribution is 0.256. The Morgan fingerprint density at radius 1 is 1.42 bits per heavy atom. The van der Waals surface area contributed by atoms with E-state index in [9.17, 15) is 4.79 Å². The fourth-order valence-corrected chi connectivity index (χ4v) is 1.84. The molecule has 7 nitrogen and oxygen atoms in total. The van der Waals surface area contributed by atoms with Crippen molar-refractivity contribution in [1.29, 1.82) is 5.41 Å². The van der Waals surface area contributed by atoms with Crippen LogP contribution in [0, 0.1) is 12.3 Å². The number of hydrogen-bond acceptors (Lipinski definition) is 4. The van der Waals surface area contributed by atoms with Crippen LogP contribution in [0.25, 0.3) is 0 Å². The lowest BCUT2D eigenvalue weighted by atomic mass is 10.1. The van der Waals surface area contributed by atoms with Gasteiger partial charge in [0.05, 0.1) is 24.9 Å². The standard InChI is InChI=1S/C11H15ClN4O3/c1-5-8(15-11(17)16-10(13)14)6(12)4-7(18-2)9(5)19-3/h4H,1-3H3,(H5,13,14,15,16,17). The van der Waals surface area contributed by atoms with Crippen LogP contribution >= 0.6 is 11.6 Å². The summed E-state index contributed by atoms with van der Waals surface area (Å²) >= 11 is 6.06. The molecule has 0 fully saturated rings. The number of ether oxygens (including phenoxy) is 2. The minimum Gasteiger partial charge on any atom is -0.493 e. The number of amides is 2. The summed E-state index contributed by atoms with van der Waals surface area (Å²) in [6, 6.07) is 0.862. The molecule has 0 unspecified atom stereocenters. The van der Waals surface area contributed by atoms with Gasteiger partial charge in [0.25, 0.3) is 0 Å².